The lowest BCUT2D eigenvalue weighted by molar-refractivity contribution is -0.274. The average Bonchev–Trinajstić information content (AvgIpc) is 3.59. The van der Waals surface area contributed by atoms with E-state index in [1.165, 1.54) is 57.7 Å². The SMILES string of the molecule is CC(Cc1ccc(-c2ncn(-c3ccc(OC(F)(F)F)cc3)n2)cc1)=NC(=O)N=c1scc(C)n1-c1cccc(C)c1C(C)C. The summed E-state index contributed by atoms with van der Waals surface area (Å²) in [6.45, 7) is 10.2. The zero-order valence-electron chi connectivity index (χ0n) is 25.3. The summed E-state index contributed by atoms with van der Waals surface area (Å²) >= 11 is 1.40. The number of thiazole rings is 1. The fourth-order valence-electron chi connectivity index (χ4n) is 5.07. The molecule has 0 aliphatic heterocycles. The average molecular weight is 633 g/mol. The Morgan fingerprint density at radius 1 is 1.02 bits per heavy atom. The zero-order chi connectivity index (χ0) is 32.3. The van der Waals surface area contributed by atoms with Gasteiger partial charge in [-0.2, -0.15) is 4.99 Å². The normalized spacial score (nSPS) is 12.6. The minimum Gasteiger partial charge on any atom is -0.406 e. The summed E-state index contributed by atoms with van der Waals surface area (Å²) in [6.07, 6.45) is -2.82. The zero-order valence-corrected chi connectivity index (χ0v) is 26.1. The molecule has 0 saturated carbocycles. The third kappa shape index (κ3) is 7.63. The van der Waals surface area contributed by atoms with Crippen molar-refractivity contribution in [2.75, 3.05) is 0 Å². The number of carbonyl (C=O) groups excluding carboxylic acids is 1. The summed E-state index contributed by atoms with van der Waals surface area (Å²) < 4.78 is 44.7. The minimum absolute atomic E-state index is 0.303. The van der Waals surface area contributed by atoms with Crippen LogP contribution in [0.4, 0.5) is 18.0 Å². The van der Waals surface area contributed by atoms with Gasteiger partial charge in [-0.15, -0.1) is 29.6 Å². The van der Waals surface area contributed by atoms with Crippen LogP contribution in [0.3, 0.4) is 0 Å². The lowest BCUT2D eigenvalue weighted by Crippen LogP contribution is -2.18. The summed E-state index contributed by atoms with van der Waals surface area (Å²) in [6, 6.07) is 18.5. The number of aliphatic imine (C=N–C) groups is 1. The van der Waals surface area contributed by atoms with Gasteiger partial charge >= 0.3 is 12.4 Å². The van der Waals surface area contributed by atoms with Crippen LogP contribution in [0.5, 0.6) is 5.75 Å². The maximum absolute atomic E-state index is 12.9. The number of hydrogen-bond acceptors (Lipinski definition) is 5. The van der Waals surface area contributed by atoms with Gasteiger partial charge in [-0.1, -0.05) is 50.2 Å². The predicted octanol–water partition coefficient (Wildman–Crippen LogP) is 8.15. The minimum atomic E-state index is -4.75. The van der Waals surface area contributed by atoms with Crippen molar-refractivity contribution in [3.63, 3.8) is 0 Å². The molecule has 8 nitrogen and oxygen atoms in total. The number of aromatic nitrogens is 4. The largest absolute Gasteiger partial charge is 0.573 e. The molecular formula is C33H31F3N6O2S. The van der Waals surface area contributed by atoms with E-state index in [1.54, 1.807) is 6.92 Å². The number of aryl methyl sites for hydroxylation is 2. The Morgan fingerprint density at radius 3 is 2.40 bits per heavy atom. The first-order valence-electron chi connectivity index (χ1n) is 14.1. The molecule has 0 bridgehead atoms. The molecule has 2 amide bonds. The van der Waals surface area contributed by atoms with Gasteiger partial charge in [0.25, 0.3) is 0 Å². The van der Waals surface area contributed by atoms with Crippen molar-refractivity contribution in [2.45, 2.75) is 53.3 Å². The van der Waals surface area contributed by atoms with Crippen LogP contribution >= 0.6 is 11.3 Å². The maximum Gasteiger partial charge on any atom is 0.573 e. The summed E-state index contributed by atoms with van der Waals surface area (Å²) in [5.41, 5.74) is 7.26. The summed E-state index contributed by atoms with van der Waals surface area (Å²) in [5.74, 6) is 0.437. The number of nitrogens with zero attached hydrogens (tertiary/aromatic N) is 6. The molecular weight excluding hydrogens is 601 g/mol. The van der Waals surface area contributed by atoms with Gasteiger partial charge in [0.1, 0.15) is 12.1 Å². The van der Waals surface area contributed by atoms with Crippen LogP contribution in [0, 0.1) is 13.8 Å². The summed E-state index contributed by atoms with van der Waals surface area (Å²) in [4.78, 5) is 26.4. The predicted molar refractivity (Wildman–Crippen MR) is 168 cm³/mol. The number of urea groups is 1. The molecule has 2 aromatic heterocycles. The van der Waals surface area contributed by atoms with Crippen LogP contribution in [-0.4, -0.2) is 37.4 Å². The van der Waals surface area contributed by atoms with Gasteiger partial charge in [-0.3, -0.25) is 4.57 Å². The smallest absolute Gasteiger partial charge is 0.406 e. The molecule has 232 valence electrons. The highest BCUT2D eigenvalue weighted by Crippen LogP contribution is 2.27. The van der Waals surface area contributed by atoms with E-state index >= 15 is 0 Å². The molecule has 12 heteroatoms. The van der Waals surface area contributed by atoms with E-state index in [0.717, 1.165) is 22.5 Å². The molecule has 2 heterocycles. The number of carbonyl (C=O) groups is 1. The highest BCUT2D eigenvalue weighted by Gasteiger charge is 2.31. The lowest BCUT2D eigenvalue weighted by atomic mass is 9.96. The Labute approximate surface area is 262 Å². The monoisotopic (exact) mass is 632 g/mol. The summed E-state index contributed by atoms with van der Waals surface area (Å²) in [7, 11) is 0. The van der Waals surface area contributed by atoms with Crippen LogP contribution in [0.1, 0.15) is 49.1 Å². The van der Waals surface area contributed by atoms with E-state index in [0.29, 0.717) is 34.4 Å². The second kappa shape index (κ2) is 13.0. The molecule has 0 N–H and O–H groups in total. The number of halogens is 3. The van der Waals surface area contributed by atoms with E-state index in [9.17, 15) is 18.0 Å². The van der Waals surface area contributed by atoms with Crippen molar-refractivity contribution in [1.82, 2.24) is 19.3 Å². The van der Waals surface area contributed by atoms with Crippen molar-refractivity contribution < 1.29 is 22.7 Å². The lowest BCUT2D eigenvalue weighted by Gasteiger charge is -2.17. The van der Waals surface area contributed by atoms with Gasteiger partial charge in [-0.05, 0) is 73.7 Å². The molecule has 0 saturated heterocycles. The molecule has 0 radical (unpaired) electrons. The number of amides is 2. The first kappa shape index (κ1) is 31.6. The van der Waals surface area contributed by atoms with Gasteiger partial charge < -0.3 is 4.74 Å². The van der Waals surface area contributed by atoms with E-state index in [2.05, 4.69) is 57.7 Å². The quantitative estimate of drug-likeness (QED) is 0.170. The van der Waals surface area contributed by atoms with E-state index < -0.39 is 12.4 Å². The molecule has 3 aromatic carbocycles. The highest BCUT2D eigenvalue weighted by molar-refractivity contribution is 7.07. The Balaban J connectivity index is 1.28. The van der Waals surface area contributed by atoms with Crippen molar-refractivity contribution in [1.29, 1.82) is 0 Å². The first-order chi connectivity index (χ1) is 21.4. The molecule has 0 aliphatic rings. The van der Waals surface area contributed by atoms with Crippen molar-refractivity contribution in [3.05, 3.63) is 106 Å². The number of hydrogen-bond donors (Lipinski definition) is 0. The molecule has 0 fully saturated rings. The van der Waals surface area contributed by atoms with Crippen LogP contribution in [0.15, 0.2) is 88.4 Å². The second-order valence-electron chi connectivity index (χ2n) is 10.8. The molecule has 5 aromatic rings. The Kier molecular flexibility index (Phi) is 9.14. The van der Waals surface area contributed by atoms with Crippen molar-refractivity contribution in [2.24, 2.45) is 9.98 Å². The van der Waals surface area contributed by atoms with Crippen LogP contribution in [0.2, 0.25) is 0 Å². The van der Waals surface area contributed by atoms with Crippen LogP contribution in [-0.2, 0) is 6.42 Å². The van der Waals surface area contributed by atoms with Gasteiger partial charge in [0.05, 0.1) is 11.4 Å². The Bertz CT molecular complexity index is 1920. The molecule has 0 aliphatic carbocycles. The van der Waals surface area contributed by atoms with Gasteiger partial charge in [0, 0.05) is 28.8 Å². The topological polar surface area (TPSA) is 86.7 Å². The number of benzene rings is 3. The highest BCUT2D eigenvalue weighted by atomic mass is 32.1. The number of ether oxygens (including phenoxy) is 1. The standard InChI is InChI=1S/C33H31F3N6O2S/c1-20(2)29-21(3)7-6-8-28(29)42-23(5)18-45-32(42)39-31(43)38-22(4)17-24-9-11-25(12-10-24)30-37-19-41(40-30)26-13-15-27(16-14-26)44-33(34,35)36/h6-16,18-20H,17H2,1-5H3. The summed E-state index contributed by atoms with van der Waals surface area (Å²) in [5, 5.41) is 6.42. The van der Waals surface area contributed by atoms with Crippen molar-refractivity contribution >= 4 is 23.1 Å². The Hall–Kier alpha value is -4.84. The molecule has 0 unspecified atom stereocenters. The van der Waals surface area contributed by atoms with Crippen LogP contribution < -0.4 is 9.54 Å². The fourth-order valence-corrected chi connectivity index (χ4v) is 5.93. The fraction of sp³-hybridized carbons (Fsp3) is 0.242. The molecule has 0 spiro atoms. The van der Waals surface area contributed by atoms with Gasteiger partial charge in [-0.25, -0.2) is 19.5 Å². The van der Waals surface area contributed by atoms with E-state index in [-0.39, 0.29) is 5.75 Å². The Morgan fingerprint density at radius 2 is 1.73 bits per heavy atom. The molecule has 0 atom stereocenters. The van der Waals surface area contributed by atoms with E-state index in [4.69, 9.17) is 0 Å². The molecule has 45 heavy (non-hydrogen) atoms. The van der Waals surface area contributed by atoms with Gasteiger partial charge in [0.2, 0.25) is 0 Å². The van der Waals surface area contributed by atoms with Crippen LogP contribution in [0.25, 0.3) is 22.8 Å². The van der Waals surface area contributed by atoms with E-state index in [1.807, 2.05) is 47.2 Å². The number of alkyl halides is 3. The first-order valence-corrected chi connectivity index (χ1v) is 15.0. The third-order valence-corrected chi connectivity index (χ3v) is 7.92. The second-order valence-corrected chi connectivity index (χ2v) is 11.7. The maximum atomic E-state index is 12.9. The van der Waals surface area contributed by atoms with Crippen molar-refractivity contribution in [3.8, 4) is 28.5 Å². The van der Waals surface area contributed by atoms with Gasteiger partial charge in [0.15, 0.2) is 10.6 Å². The molecule has 5 rings (SSSR count). The third-order valence-electron chi connectivity index (χ3n) is 6.97. The number of rotatable bonds is 7.